The lowest BCUT2D eigenvalue weighted by Crippen LogP contribution is -2.20. The number of amides is 1. The van der Waals surface area contributed by atoms with E-state index in [2.05, 4.69) is 10.6 Å². The molecule has 0 saturated heterocycles. The van der Waals surface area contributed by atoms with Crippen molar-refractivity contribution in [1.82, 2.24) is 5.32 Å². The van der Waals surface area contributed by atoms with Gasteiger partial charge in [-0.25, -0.2) is 0 Å². The van der Waals surface area contributed by atoms with E-state index in [1.165, 1.54) is 6.92 Å². The quantitative estimate of drug-likeness (QED) is 0.597. The van der Waals surface area contributed by atoms with Crippen LogP contribution in [-0.4, -0.2) is 37.4 Å². The molecule has 0 fully saturated rings. The monoisotopic (exact) mass is 252 g/mol. The van der Waals surface area contributed by atoms with Gasteiger partial charge < -0.3 is 20.5 Å². The minimum absolute atomic E-state index is 0.0601. The van der Waals surface area contributed by atoms with Crippen molar-refractivity contribution in [2.24, 2.45) is 0 Å². The molecule has 0 aliphatic heterocycles. The number of aliphatic hydroxyl groups excluding tert-OH is 1. The Balaban J connectivity index is 2.20. The highest BCUT2D eigenvalue weighted by Gasteiger charge is 1.96. The zero-order chi connectivity index (χ0) is 13.2. The van der Waals surface area contributed by atoms with E-state index in [1.807, 2.05) is 24.3 Å². The number of hydrogen-bond donors (Lipinski definition) is 3. The van der Waals surface area contributed by atoms with Crippen LogP contribution in [0.5, 0.6) is 0 Å². The van der Waals surface area contributed by atoms with Gasteiger partial charge in [-0.15, -0.1) is 0 Å². The fourth-order valence-electron chi connectivity index (χ4n) is 1.45. The van der Waals surface area contributed by atoms with Gasteiger partial charge in [0.25, 0.3) is 0 Å². The maximum Gasteiger partial charge on any atom is 0.221 e. The normalized spacial score (nSPS) is 10.3. The maximum atomic E-state index is 10.8. The first-order valence-electron chi connectivity index (χ1n) is 5.98. The van der Waals surface area contributed by atoms with Crippen molar-refractivity contribution in [3.05, 3.63) is 29.8 Å². The van der Waals surface area contributed by atoms with Gasteiger partial charge in [0, 0.05) is 25.7 Å². The van der Waals surface area contributed by atoms with Crippen molar-refractivity contribution in [3.63, 3.8) is 0 Å². The maximum absolute atomic E-state index is 10.8. The molecular formula is C13H20N2O3. The molecule has 3 N–H and O–H groups in total. The highest BCUT2D eigenvalue weighted by molar-refractivity contribution is 5.88. The molecule has 0 spiro atoms. The SMILES string of the molecule is CC(=O)Nc1ccc(CNCCOCCO)cc1. The molecule has 0 unspecified atom stereocenters. The lowest BCUT2D eigenvalue weighted by atomic mass is 10.2. The van der Waals surface area contributed by atoms with Gasteiger partial charge in [-0.1, -0.05) is 12.1 Å². The van der Waals surface area contributed by atoms with Crippen molar-refractivity contribution in [2.75, 3.05) is 31.7 Å². The van der Waals surface area contributed by atoms with Gasteiger partial charge >= 0.3 is 0 Å². The van der Waals surface area contributed by atoms with Crippen molar-refractivity contribution in [3.8, 4) is 0 Å². The molecule has 5 heteroatoms. The Morgan fingerprint density at radius 3 is 2.61 bits per heavy atom. The summed E-state index contributed by atoms with van der Waals surface area (Å²) in [6, 6.07) is 7.68. The number of anilines is 1. The summed E-state index contributed by atoms with van der Waals surface area (Å²) >= 11 is 0. The Morgan fingerprint density at radius 1 is 1.28 bits per heavy atom. The van der Waals surface area contributed by atoms with Crippen molar-refractivity contribution in [1.29, 1.82) is 0 Å². The summed E-state index contributed by atoms with van der Waals surface area (Å²) in [5.41, 5.74) is 1.95. The van der Waals surface area contributed by atoms with E-state index in [4.69, 9.17) is 9.84 Å². The Labute approximate surface area is 107 Å². The molecule has 0 aromatic heterocycles. The molecule has 0 aliphatic carbocycles. The first kappa shape index (κ1) is 14.6. The molecule has 100 valence electrons. The second kappa shape index (κ2) is 8.63. The number of nitrogens with one attached hydrogen (secondary N) is 2. The van der Waals surface area contributed by atoms with Crippen LogP contribution in [0.25, 0.3) is 0 Å². The number of rotatable bonds is 8. The van der Waals surface area contributed by atoms with Gasteiger partial charge in [-0.05, 0) is 17.7 Å². The third-order valence-electron chi connectivity index (χ3n) is 2.26. The van der Waals surface area contributed by atoms with Crippen LogP contribution in [0.2, 0.25) is 0 Å². The molecule has 1 aromatic carbocycles. The molecule has 0 bridgehead atoms. The average molecular weight is 252 g/mol. The Morgan fingerprint density at radius 2 is 2.00 bits per heavy atom. The van der Waals surface area contributed by atoms with Gasteiger partial charge in [-0.3, -0.25) is 4.79 Å². The van der Waals surface area contributed by atoms with Gasteiger partial charge in [0.15, 0.2) is 0 Å². The lowest BCUT2D eigenvalue weighted by molar-refractivity contribution is -0.114. The van der Waals surface area contributed by atoms with Crippen molar-refractivity contribution in [2.45, 2.75) is 13.5 Å². The molecule has 0 heterocycles. The second-order valence-electron chi connectivity index (χ2n) is 3.89. The van der Waals surface area contributed by atoms with Crippen LogP contribution in [0.3, 0.4) is 0 Å². The predicted molar refractivity (Wildman–Crippen MR) is 70.4 cm³/mol. The molecule has 5 nitrogen and oxygen atoms in total. The highest BCUT2D eigenvalue weighted by Crippen LogP contribution is 2.09. The number of hydrogen-bond acceptors (Lipinski definition) is 4. The summed E-state index contributed by atoms with van der Waals surface area (Å²) in [6.07, 6.45) is 0. The largest absolute Gasteiger partial charge is 0.394 e. The van der Waals surface area contributed by atoms with Crippen molar-refractivity contribution < 1.29 is 14.6 Å². The van der Waals surface area contributed by atoms with Crippen LogP contribution < -0.4 is 10.6 Å². The Hall–Kier alpha value is -1.43. The fraction of sp³-hybridized carbons (Fsp3) is 0.462. The lowest BCUT2D eigenvalue weighted by Gasteiger charge is -2.07. The molecular weight excluding hydrogens is 232 g/mol. The highest BCUT2D eigenvalue weighted by atomic mass is 16.5. The van der Waals surface area contributed by atoms with Crippen LogP contribution in [0.4, 0.5) is 5.69 Å². The molecule has 0 radical (unpaired) electrons. The standard InChI is InChI=1S/C13H20N2O3/c1-11(17)15-13-4-2-12(3-5-13)10-14-6-8-18-9-7-16/h2-5,14,16H,6-10H2,1H3,(H,15,17). The summed E-state index contributed by atoms with van der Waals surface area (Å²) < 4.78 is 5.12. The van der Waals surface area contributed by atoms with E-state index in [9.17, 15) is 4.79 Å². The van der Waals surface area contributed by atoms with E-state index in [0.717, 1.165) is 24.3 Å². The van der Waals surface area contributed by atoms with Crippen LogP contribution >= 0.6 is 0 Å². The Kier molecular flexibility index (Phi) is 7.01. The number of ether oxygens (including phenoxy) is 1. The number of carbonyl (C=O) groups is 1. The van der Waals surface area contributed by atoms with Crippen LogP contribution in [-0.2, 0) is 16.1 Å². The van der Waals surface area contributed by atoms with Crippen LogP contribution in [0, 0.1) is 0 Å². The number of carbonyl (C=O) groups excluding carboxylic acids is 1. The van der Waals surface area contributed by atoms with Crippen LogP contribution in [0.1, 0.15) is 12.5 Å². The molecule has 1 aromatic rings. The molecule has 1 rings (SSSR count). The number of benzene rings is 1. The molecule has 1 amide bonds. The van der Waals surface area contributed by atoms with E-state index in [0.29, 0.717) is 13.2 Å². The third-order valence-corrected chi connectivity index (χ3v) is 2.26. The molecule has 0 aliphatic rings. The zero-order valence-electron chi connectivity index (χ0n) is 10.6. The first-order valence-corrected chi connectivity index (χ1v) is 5.98. The molecule has 18 heavy (non-hydrogen) atoms. The predicted octanol–water partition coefficient (Wildman–Crippen LogP) is 0.743. The second-order valence-corrected chi connectivity index (χ2v) is 3.89. The number of aliphatic hydroxyl groups is 1. The van der Waals surface area contributed by atoms with E-state index >= 15 is 0 Å². The smallest absolute Gasteiger partial charge is 0.221 e. The minimum atomic E-state index is -0.0677. The fourth-order valence-corrected chi connectivity index (χ4v) is 1.45. The first-order chi connectivity index (χ1) is 8.72. The minimum Gasteiger partial charge on any atom is -0.394 e. The summed E-state index contributed by atoms with van der Waals surface area (Å²) in [5, 5.41) is 14.5. The third kappa shape index (κ3) is 6.34. The van der Waals surface area contributed by atoms with Crippen LogP contribution in [0.15, 0.2) is 24.3 Å². The topological polar surface area (TPSA) is 70.6 Å². The zero-order valence-corrected chi connectivity index (χ0v) is 10.6. The summed E-state index contributed by atoms with van der Waals surface area (Å²) in [6.45, 7) is 4.01. The van der Waals surface area contributed by atoms with Gasteiger partial charge in [-0.2, -0.15) is 0 Å². The van der Waals surface area contributed by atoms with Gasteiger partial charge in [0.1, 0.15) is 0 Å². The summed E-state index contributed by atoms with van der Waals surface area (Å²) in [5.74, 6) is -0.0677. The average Bonchev–Trinajstić information content (AvgIpc) is 2.35. The Bertz CT molecular complexity index is 352. The van der Waals surface area contributed by atoms with Gasteiger partial charge in [0.05, 0.1) is 19.8 Å². The molecule has 0 atom stereocenters. The molecule has 0 saturated carbocycles. The van der Waals surface area contributed by atoms with E-state index in [1.54, 1.807) is 0 Å². The van der Waals surface area contributed by atoms with E-state index < -0.39 is 0 Å². The van der Waals surface area contributed by atoms with Gasteiger partial charge in [0.2, 0.25) is 5.91 Å². The van der Waals surface area contributed by atoms with Crippen molar-refractivity contribution >= 4 is 11.6 Å². The van der Waals surface area contributed by atoms with E-state index in [-0.39, 0.29) is 12.5 Å². The summed E-state index contributed by atoms with van der Waals surface area (Å²) in [7, 11) is 0. The summed E-state index contributed by atoms with van der Waals surface area (Å²) in [4.78, 5) is 10.8.